The van der Waals surface area contributed by atoms with Crippen LogP contribution in [0.15, 0.2) is 64.9 Å². The van der Waals surface area contributed by atoms with Gasteiger partial charge in [0.2, 0.25) is 0 Å². The highest BCUT2D eigenvalue weighted by Gasteiger charge is 2.35. The molecule has 2 N–H and O–H groups in total. The quantitative estimate of drug-likeness (QED) is 0.603. The highest BCUT2D eigenvalue weighted by atomic mass is 16.4. The number of H-pyrrole nitrogens is 1. The molecule has 20 heavy (non-hydrogen) atoms. The molecule has 2 heterocycles. The molecule has 0 bridgehead atoms. The van der Waals surface area contributed by atoms with Gasteiger partial charge in [0.15, 0.2) is 0 Å². The Balaban J connectivity index is 1.89. The molecule has 2 aliphatic rings. The number of rotatable bonds is 1. The minimum Gasteiger partial charge on any atom is -0.411 e. The fourth-order valence-corrected chi connectivity index (χ4v) is 2.93. The topological polar surface area (TPSA) is 60.7 Å². The van der Waals surface area contributed by atoms with Crippen LogP contribution in [-0.2, 0) is 0 Å². The Morgan fingerprint density at radius 3 is 2.90 bits per heavy atom. The van der Waals surface area contributed by atoms with Gasteiger partial charge < -0.3 is 10.2 Å². The molecule has 0 saturated carbocycles. The van der Waals surface area contributed by atoms with E-state index in [9.17, 15) is 5.21 Å². The van der Waals surface area contributed by atoms with Crippen LogP contribution in [-0.4, -0.2) is 27.7 Å². The number of benzene rings is 1. The first-order valence-electron chi connectivity index (χ1n) is 6.60. The van der Waals surface area contributed by atoms with Crippen molar-refractivity contribution >= 4 is 22.3 Å². The van der Waals surface area contributed by atoms with Crippen molar-refractivity contribution in [3.05, 3.63) is 60.3 Å². The maximum Gasteiger partial charge on any atom is 0.115 e. The summed E-state index contributed by atoms with van der Waals surface area (Å²) in [5.74, 6) is 0.0358. The number of allylic oxidation sites excluding steroid dienone is 2. The Morgan fingerprint density at radius 1 is 1.15 bits per heavy atom. The molecule has 1 aromatic carbocycles. The third kappa shape index (κ3) is 1.48. The van der Waals surface area contributed by atoms with E-state index in [4.69, 9.17) is 4.99 Å². The fourth-order valence-electron chi connectivity index (χ4n) is 2.93. The second-order valence-corrected chi connectivity index (χ2v) is 5.00. The Bertz CT molecular complexity index is 795. The largest absolute Gasteiger partial charge is 0.411 e. The van der Waals surface area contributed by atoms with Crippen LogP contribution in [0.1, 0.15) is 5.56 Å². The third-order valence-electron chi connectivity index (χ3n) is 3.89. The Hall–Kier alpha value is -2.62. The minimum atomic E-state index is 0.0358. The molecule has 2 atom stereocenters. The lowest BCUT2D eigenvalue weighted by molar-refractivity contribution is 0.317. The van der Waals surface area contributed by atoms with Crippen molar-refractivity contribution in [2.24, 2.45) is 16.1 Å². The van der Waals surface area contributed by atoms with Crippen molar-refractivity contribution in [3.63, 3.8) is 0 Å². The molecule has 4 rings (SSSR count). The van der Waals surface area contributed by atoms with Crippen molar-refractivity contribution in [2.75, 3.05) is 0 Å². The first kappa shape index (κ1) is 11.2. The number of para-hydroxylation sites is 1. The summed E-state index contributed by atoms with van der Waals surface area (Å²) < 4.78 is 0. The van der Waals surface area contributed by atoms with Gasteiger partial charge in [-0.1, -0.05) is 47.7 Å². The van der Waals surface area contributed by atoms with Gasteiger partial charge in [-0.05, 0) is 6.07 Å². The summed E-state index contributed by atoms with van der Waals surface area (Å²) in [6.45, 7) is 0. The minimum absolute atomic E-state index is 0.0358. The smallest absolute Gasteiger partial charge is 0.115 e. The lowest BCUT2D eigenvalue weighted by atomic mass is 9.91. The van der Waals surface area contributed by atoms with Crippen molar-refractivity contribution in [2.45, 2.75) is 6.04 Å². The van der Waals surface area contributed by atoms with Gasteiger partial charge in [-0.2, -0.15) is 0 Å². The molecule has 98 valence electrons. The maximum absolute atomic E-state index is 9.39. The Labute approximate surface area is 115 Å². The zero-order valence-corrected chi connectivity index (χ0v) is 10.7. The Kier molecular flexibility index (Phi) is 2.36. The number of aromatic amines is 1. The van der Waals surface area contributed by atoms with E-state index in [2.05, 4.69) is 10.1 Å². The number of fused-ring (bicyclic) bond motifs is 2. The van der Waals surface area contributed by atoms with Gasteiger partial charge in [-0.3, -0.25) is 4.99 Å². The number of hydrogen-bond donors (Lipinski definition) is 2. The zero-order chi connectivity index (χ0) is 13.5. The average molecular weight is 263 g/mol. The molecule has 2 aromatic rings. The molecular weight excluding hydrogens is 250 g/mol. The van der Waals surface area contributed by atoms with Crippen LogP contribution >= 0.6 is 0 Å². The number of aromatic nitrogens is 1. The van der Waals surface area contributed by atoms with Crippen LogP contribution < -0.4 is 0 Å². The van der Waals surface area contributed by atoms with E-state index in [0.717, 1.165) is 22.2 Å². The van der Waals surface area contributed by atoms with E-state index in [0.29, 0.717) is 5.71 Å². The van der Waals surface area contributed by atoms with Crippen LogP contribution in [0.25, 0.3) is 10.9 Å². The van der Waals surface area contributed by atoms with E-state index >= 15 is 0 Å². The zero-order valence-electron chi connectivity index (χ0n) is 10.7. The molecule has 1 aromatic heterocycles. The highest BCUT2D eigenvalue weighted by Crippen LogP contribution is 2.30. The van der Waals surface area contributed by atoms with Gasteiger partial charge in [0.1, 0.15) is 5.71 Å². The molecule has 0 fully saturated rings. The summed E-state index contributed by atoms with van der Waals surface area (Å²) in [5.41, 5.74) is 3.46. The average Bonchev–Trinajstić information content (AvgIpc) is 3.07. The number of nitrogens with one attached hydrogen (secondary N) is 1. The van der Waals surface area contributed by atoms with Crippen LogP contribution in [0.2, 0.25) is 0 Å². The number of aliphatic imine (C=N–C) groups is 1. The molecule has 4 nitrogen and oxygen atoms in total. The molecule has 1 aliphatic carbocycles. The lowest BCUT2D eigenvalue weighted by Gasteiger charge is -2.12. The predicted molar refractivity (Wildman–Crippen MR) is 79.6 cm³/mol. The van der Waals surface area contributed by atoms with Gasteiger partial charge in [-0.25, -0.2) is 0 Å². The van der Waals surface area contributed by atoms with E-state index in [1.165, 1.54) is 0 Å². The molecule has 0 radical (unpaired) electrons. The first-order chi connectivity index (χ1) is 9.88. The molecule has 4 heteroatoms. The molecule has 0 spiro atoms. The number of nitrogens with zero attached hydrogens (tertiary/aromatic N) is 2. The van der Waals surface area contributed by atoms with Gasteiger partial charge in [0.05, 0.1) is 17.7 Å². The molecule has 0 amide bonds. The summed E-state index contributed by atoms with van der Waals surface area (Å²) >= 11 is 0. The van der Waals surface area contributed by atoms with E-state index in [-0.39, 0.29) is 12.0 Å². The fraction of sp³-hybridized carbons (Fsp3) is 0.125. The molecule has 2 unspecified atom stereocenters. The van der Waals surface area contributed by atoms with Gasteiger partial charge in [0, 0.05) is 22.7 Å². The first-order valence-corrected chi connectivity index (χ1v) is 6.60. The second-order valence-electron chi connectivity index (χ2n) is 5.00. The van der Waals surface area contributed by atoms with Crippen LogP contribution in [0.3, 0.4) is 0 Å². The van der Waals surface area contributed by atoms with Crippen LogP contribution in [0, 0.1) is 5.92 Å². The summed E-state index contributed by atoms with van der Waals surface area (Å²) in [7, 11) is 0. The predicted octanol–water partition coefficient (Wildman–Crippen LogP) is 2.91. The SMILES string of the molecule is ON=C1C(c2c[nH]c3ccccc23)=NC2C=CC=CC12. The van der Waals surface area contributed by atoms with E-state index in [1.807, 2.05) is 54.8 Å². The monoisotopic (exact) mass is 263 g/mol. The van der Waals surface area contributed by atoms with Gasteiger partial charge >= 0.3 is 0 Å². The number of hydrogen-bond acceptors (Lipinski definition) is 3. The third-order valence-corrected chi connectivity index (χ3v) is 3.89. The lowest BCUT2D eigenvalue weighted by Crippen LogP contribution is -2.22. The molecular formula is C16H13N3O. The van der Waals surface area contributed by atoms with Crippen molar-refractivity contribution in [1.29, 1.82) is 0 Å². The van der Waals surface area contributed by atoms with Crippen molar-refractivity contribution in [3.8, 4) is 0 Å². The van der Waals surface area contributed by atoms with Crippen molar-refractivity contribution < 1.29 is 5.21 Å². The van der Waals surface area contributed by atoms with Crippen molar-refractivity contribution in [1.82, 2.24) is 4.98 Å². The van der Waals surface area contributed by atoms with E-state index in [1.54, 1.807) is 0 Å². The standard InChI is InChI=1S/C16H13N3O/c20-19-16-11-6-2-4-8-14(11)18-15(16)12-9-17-13-7-3-1-5-10(12)13/h1-9,11,14,17,20H. The Morgan fingerprint density at radius 2 is 2.00 bits per heavy atom. The molecule has 1 aliphatic heterocycles. The number of oxime groups is 1. The summed E-state index contributed by atoms with van der Waals surface area (Å²) in [5, 5.41) is 14.0. The van der Waals surface area contributed by atoms with Crippen LogP contribution in [0.4, 0.5) is 0 Å². The molecule has 0 saturated heterocycles. The summed E-state index contributed by atoms with van der Waals surface area (Å²) in [4.78, 5) is 7.96. The normalized spacial score (nSPS) is 26.2. The van der Waals surface area contributed by atoms with Crippen LogP contribution in [0.5, 0.6) is 0 Å². The summed E-state index contributed by atoms with van der Waals surface area (Å²) in [6, 6.07) is 8.10. The maximum atomic E-state index is 9.39. The summed E-state index contributed by atoms with van der Waals surface area (Å²) in [6.07, 6.45) is 9.96. The van der Waals surface area contributed by atoms with Gasteiger partial charge in [0.25, 0.3) is 0 Å². The second kappa shape index (κ2) is 4.20. The highest BCUT2D eigenvalue weighted by molar-refractivity contribution is 6.52. The van der Waals surface area contributed by atoms with E-state index < -0.39 is 0 Å². The van der Waals surface area contributed by atoms with Gasteiger partial charge in [-0.15, -0.1) is 0 Å².